The van der Waals surface area contributed by atoms with E-state index in [2.05, 4.69) is 5.10 Å². The lowest BCUT2D eigenvalue weighted by Crippen LogP contribution is -2.10. The van der Waals surface area contributed by atoms with Gasteiger partial charge in [0.05, 0.1) is 10.7 Å². The second-order valence-electron chi connectivity index (χ2n) is 4.06. The van der Waals surface area contributed by atoms with Gasteiger partial charge in [-0.3, -0.25) is 4.68 Å². The Balaban J connectivity index is 1.92. The largest absolute Gasteiger partial charge is 0.487 e. The fourth-order valence-corrected chi connectivity index (χ4v) is 1.77. The lowest BCUT2D eigenvalue weighted by molar-refractivity contribution is 0.300. The minimum absolute atomic E-state index is 0.468. The smallest absolute Gasteiger partial charge is 0.132 e. The Bertz CT molecular complexity index is 533. The number of hydrogen-bond donors (Lipinski definition) is 1. The summed E-state index contributed by atoms with van der Waals surface area (Å²) in [5.41, 5.74) is 7.49. The molecule has 1 heterocycles. The molecule has 0 radical (unpaired) electrons. The zero-order chi connectivity index (χ0) is 13.0. The molecule has 0 aliphatic heterocycles. The maximum Gasteiger partial charge on any atom is 0.132 e. The second kappa shape index (κ2) is 5.64. The molecule has 4 nitrogen and oxygen atoms in total. The molecule has 0 aliphatic carbocycles. The first-order chi connectivity index (χ1) is 8.63. The van der Waals surface area contributed by atoms with Crippen molar-refractivity contribution in [2.45, 2.75) is 13.0 Å². The predicted octanol–water partition coefficient (Wildman–Crippen LogP) is 1.83. The van der Waals surface area contributed by atoms with E-state index >= 15 is 0 Å². The number of aromatic nitrogens is 2. The summed E-state index contributed by atoms with van der Waals surface area (Å²) < 4.78 is 7.38. The first kappa shape index (κ1) is 12.6. The minimum atomic E-state index is 0.468. The van der Waals surface area contributed by atoms with Gasteiger partial charge < -0.3 is 10.5 Å². The summed E-state index contributed by atoms with van der Waals surface area (Å²) >= 11 is 4.86. The molecule has 5 heteroatoms. The fraction of sp³-hybridized carbons (Fsp3) is 0.231. The Hall–Kier alpha value is -1.88. The molecule has 0 unspecified atom stereocenters. The highest BCUT2D eigenvalue weighted by Crippen LogP contribution is 2.14. The predicted molar refractivity (Wildman–Crippen MR) is 74.5 cm³/mol. The van der Waals surface area contributed by atoms with Crippen LogP contribution in [0.15, 0.2) is 36.5 Å². The average molecular weight is 261 g/mol. The normalized spacial score (nSPS) is 10.3. The standard InChI is InChI=1S/C13H15N3OS/c1-16-7-6-11(15-16)9-17-12-4-2-10(3-5-12)8-13(14)18/h2-7H,8-9H2,1H3,(H2,14,18). The number of hydrogen-bond acceptors (Lipinski definition) is 3. The van der Waals surface area contributed by atoms with E-state index in [9.17, 15) is 0 Å². The Morgan fingerprint density at radius 1 is 1.33 bits per heavy atom. The molecule has 2 rings (SSSR count). The summed E-state index contributed by atoms with van der Waals surface area (Å²) in [5, 5.41) is 4.24. The van der Waals surface area contributed by atoms with Crippen LogP contribution >= 0.6 is 12.2 Å². The Morgan fingerprint density at radius 2 is 2.06 bits per heavy atom. The van der Waals surface area contributed by atoms with Crippen LogP contribution in [0, 0.1) is 0 Å². The van der Waals surface area contributed by atoms with Gasteiger partial charge in [-0.05, 0) is 23.8 Å². The molecule has 1 aromatic heterocycles. The molecular weight excluding hydrogens is 246 g/mol. The van der Waals surface area contributed by atoms with Crippen molar-refractivity contribution in [1.29, 1.82) is 0 Å². The summed E-state index contributed by atoms with van der Waals surface area (Å²) in [6.45, 7) is 0.468. The third-order valence-electron chi connectivity index (χ3n) is 2.46. The molecule has 0 fully saturated rings. The molecule has 0 saturated carbocycles. The summed E-state index contributed by atoms with van der Waals surface area (Å²) in [5.74, 6) is 0.812. The number of nitrogens with zero attached hydrogens (tertiary/aromatic N) is 2. The lowest BCUT2D eigenvalue weighted by atomic mass is 10.1. The highest BCUT2D eigenvalue weighted by molar-refractivity contribution is 7.80. The van der Waals surface area contributed by atoms with E-state index in [0.29, 0.717) is 18.0 Å². The van der Waals surface area contributed by atoms with Crippen molar-refractivity contribution in [2.75, 3.05) is 0 Å². The van der Waals surface area contributed by atoms with E-state index in [-0.39, 0.29) is 0 Å². The van der Waals surface area contributed by atoms with Crippen molar-refractivity contribution in [2.24, 2.45) is 12.8 Å². The van der Waals surface area contributed by atoms with Crippen molar-refractivity contribution in [3.8, 4) is 5.75 Å². The van der Waals surface area contributed by atoms with Crippen LogP contribution in [0.4, 0.5) is 0 Å². The molecule has 0 spiro atoms. The summed E-state index contributed by atoms with van der Waals surface area (Å²) in [4.78, 5) is 0.497. The van der Waals surface area contributed by atoms with Crippen LogP contribution in [0.2, 0.25) is 0 Å². The van der Waals surface area contributed by atoms with Crippen molar-refractivity contribution < 1.29 is 4.74 Å². The van der Waals surface area contributed by atoms with Crippen molar-refractivity contribution in [3.05, 3.63) is 47.8 Å². The van der Waals surface area contributed by atoms with Crippen LogP contribution in [0.25, 0.3) is 0 Å². The lowest BCUT2D eigenvalue weighted by Gasteiger charge is -2.05. The molecule has 0 atom stereocenters. The maximum atomic E-state index is 5.63. The van der Waals surface area contributed by atoms with Gasteiger partial charge in [0.1, 0.15) is 12.4 Å². The molecule has 0 bridgehead atoms. The maximum absolute atomic E-state index is 5.63. The van der Waals surface area contributed by atoms with E-state index < -0.39 is 0 Å². The van der Waals surface area contributed by atoms with Gasteiger partial charge in [0.2, 0.25) is 0 Å². The van der Waals surface area contributed by atoms with Crippen LogP contribution in [0.1, 0.15) is 11.3 Å². The molecule has 2 N–H and O–H groups in total. The number of rotatable bonds is 5. The fourth-order valence-electron chi connectivity index (χ4n) is 1.60. The number of benzene rings is 1. The van der Waals surface area contributed by atoms with Crippen LogP contribution < -0.4 is 10.5 Å². The van der Waals surface area contributed by atoms with Crippen molar-refractivity contribution >= 4 is 17.2 Å². The first-order valence-electron chi connectivity index (χ1n) is 5.62. The van der Waals surface area contributed by atoms with Crippen molar-refractivity contribution in [3.63, 3.8) is 0 Å². The molecule has 0 saturated heterocycles. The van der Waals surface area contributed by atoms with Crippen LogP contribution in [-0.2, 0) is 20.1 Å². The zero-order valence-corrected chi connectivity index (χ0v) is 11.0. The highest BCUT2D eigenvalue weighted by atomic mass is 32.1. The summed E-state index contributed by atoms with van der Waals surface area (Å²) in [6, 6.07) is 9.69. The van der Waals surface area contributed by atoms with Gasteiger partial charge in [-0.25, -0.2) is 0 Å². The molecule has 94 valence electrons. The van der Waals surface area contributed by atoms with E-state index in [1.165, 1.54) is 0 Å². The molecule has 18 heavy (non-hydrogen) atoms. The van der Waals surface area contributed by atoms with E-state index in [1.807, 2.05) is 43.6 Å². The van der Waals surface area contributed by atoms with Gasteiger partial charge in [-0.15, -0.1) is 0 Å². The molecular formula is C13H15N3OS. The molecule has 0 aliphatic rings. The third-order valence-corrected chi connectivity index (χ3v) is 2.60. The second-order valence-corrected chi connectivity index (χ2v) is 4.58. The number of nitrogens with two attached hydrogens (primary N) is 1. The summed E-state index contributed by atoms with van der Waals surface area (Å²) in [7, 11) is 1.88. The number of aryl methyl sites for hydroxylation is 1. The third kappa shape index (κ3) is 3.56. The van der Waals surface area contributed by atoms with Gasteiger partial charge >= 0.3 is 0 Å². The molecule has 1 aromatic carbocycles. The van der Waals surface area contributed by atoms with Crippen LogP contribution in [-0.4, -0.2) is 14.8 Å². The number of ether oxygens (including phenoxy) is 1. The monoisotopic (exact) mass is 261 g/mol. The Labute approximate surface area is 111 Å². The topological polar surface area (TPSA) is 53.1 Å². The zero-order valence-electron chi connectivity index (χ0n) is 10.2. The van der Waals surface area contributed by atoms with E-state index in [0.717, 1.165) is 17.0 Å². The van der Waals surface area contributed by atoms with Crippen molar-refractivity contribution in [1.82, 2.24) is 9.78 Å². The van der Waals surface area contributed by atoms with E-state index in [4.69, 9.17) is 22.7 Å². The Morgan fingerprint density at radius 3 is 2.61 bits per heavy atom. The first-order valence-corrected chi connectivity index (χ1v) is 6.03. The molecule has 2 aromatic rings. The highest BCUT2D eigenvalue weighted by Gasteiger charge is 2.00. The van der Waals surface area contributed by atoms with Crippen LogP contribution in [0.3, 0.4) is 0 Å². The quantitative estimate of drug-likeness (QED) is 0.834. The van der Waals surface area contributed by atoms with E-state index in [1.54, 1.807) is 4.68 Å². The SMILES string of the molecule is Cn1ccc(COc2ccc(CC(N)=S)cc2)n1. The summed E-state index contributed by atoms with van der Waals surface area (Å²) in [6.07, 6.45) is 2.51. The van der Waals surface area contributed by atoms with Gasteiger partial charge in [0, 0.05) is 19.7 Å². The van der Waals surface area contributed by atoms with Gasteiger partial charge in [0.25, 0.3) is 0 Å². The average Bonchev–Trinajstić information content (AvgIpc) is 2.74. The molecule has 0 amide bonds. The van der Waals surface area contributed by atoms with Crippen LogP contribution in [0.5, 0.6) is 5.75 Å². The minimum Gasteiger partial charge on any atom is -0.487 e. The number of thiocarbonyl (C=S) groups is 1. The van der Waals surface area contributed by atoms with Gasteiger partial charge in [-0.2, -0.15) is 5.10 Å². The van der Waals surface area contributed by atoms with Gasteiger partial charge in [-0.1, -0.05) is 24.4 Å². The Kier molecular flexibility index (Phi) is 3.94. The van der Waals surface area contributed by atoms with Gasteiger partial charge in [0.15, 0.2) is 0 Å².